The first kappa shape index (κ1) is 10.0. The van der Waals surface area contributed by atoms with Gasteiger partial charge in [0.2, 0.25) is 0 Å². The van der Waals surface area contributed by atoms with Crippen molar-refractivity contribution < 1.29 is 9.50 Å². The van der Waals surface area contributed by atoms with Crippen LogP contribution in [0.15, 0.2) is 11.7 Å². The van der Waals surface area contributed by atoms with Gasteiger partial charge in [0.05, 0.1) is 12.1 Å². The first-order chi connectivity index (χ1) is 6.79. The van der Waals surface area contributed by atoms with E-state index in [9.17, 15) is 4.39 Å². The van der Waals surface area contributed by atoms with Crippen molar-refractivity contribution in [1.29, 1.82) is 0 Å². The molecule has 1 N–H and O–H groups in total. The zero-order valence-corrected chi connectivity index (χ0v) is 8.58. The molecule has 1 aliphatic rings. The molecule has 78 valence electrons. The number of rotatable bonds is 3. The molecule has 1 saturated heterocycles. The average Bonchev–Trinajstić information content (AvgIpc) is 2.76. The Kier molecular flexibility index (Phi) is 3.10. The summed E-state index contributed by atoms with van der Waals surface area (Å²) in [4.78, 5) is 7.08. The minimum absolute atomic E-state index is 0.0212. The fourth-order valence-electron chi connectivity index (χ4n) is 1.83. The van der Waals surface area contributed by atoms with Gasteiger partial charge in [-0.3, -0.25) is 9.88 Å². The van der Waals surface area contributed by atoms with Crippen molar-refractivity contribution in [2.75, 3.05) is 13.2 Å². The lowest BCUT2D eigenvalue weighted by Gasteiger charge is -2.20. The fourth-order valence-corrected chi connectivity index (χ4v) is 2.45. The highest BCUT2D eigenvalue weighted by Gasteiger charge is 2.31. The molecule has 2 heterocycles. The number of alkyl halides is 1. The molecule has 0 spiro atoms. The predicted molar refractivity (Wildman–Crippen MR) is 52.9 cm³/mol. The first-order valence-corrected chi connectivity index (χ1v) is 5.54. The number of aromatic nitrogens is 1. The summed E-state index contributed by atoms with van der Waals surface area (Å²) in [6, 6.07) is -0.0212. The summed E-state index contributed by atoms with van der Waals surface area (Å²) >= 11 is 1.57. The van der Waals surface area contributed by atoms with Crippen molar-refractivity contribution in [3.05, 3.63) is 16.6 Å². The Morgan fingerprint density at radius 3 is 3.21 bits per heavy atom. The van der Waals surface area contributed by atoms with Gasteiger partial charge in [-0.25, -0.2) is 4.39 Å². The molecule has 5 heteroatoms. The van der Waals surface area contributed by atoms with Gasteiger partial charge in [0.25, 0.3) is 0 Å². The third-order valence-corrected chi connectivity index (χ3v) is 3.29. The highest BCUT2D eigenvalue weighted by atomic mass is 32.1. The molecule has 1 aromatic heterocycles. The third-order valence-electron chi connectivity index (χ3n) is 2.53. The van der Waals surface area contributed by atoms with Crippen molar-refractivity contribution in [3.8, 4) is 0 Å². The summed E-state index contributed by atoms with van der Waals surface area (Å²) < 4.78 is 13.1. The second kappa shape index (κ2) is 4.33. The standard InChI is InChI=1S/C9H13FN2OS/c10-7-1-8(5-13)12(3-7)4-9-2-11-6-14-9/h2,6-8,13H,1,3-5H2/t7-,8-/m0/s1. The van der Waals surface area contributed by atoms with E-state index < -0.39 is 6.17 Å². The van der Waals surface area contributed by atoms with E-state index in [1.54, 1.807) is 23.0 Å². The lowest BCUT2D eigenvalue weighted by molar-refractivity contribution is 0.154. The van der Waals surface area contributed by atoms with E-state index >= 15 is 0 Å². The number of thiazole rings is 1. The SMILES string of the molecule is OC[C@@H]1C[C@H](F)CN1Cc1cncs1. The van der Waals surface area contributed by atoms with Crippen LogP contribution in [-0.4, -0.2) is 40.4 Å². The normalized spacial score (nSPS) is 28.4. The third kappa shape index (κ3) is 2.10. The van der Waals surface area contributed by atoms with Gasteiger partial charge in [-0.15, -0.1) is 11.3 Å². The van der Waals surface area contributed by atoms with Gasteiger partial charge in [0.1, 0.15) is 6.17 Å². The van der Waals surface area contributed by atoms with Crippen LogP contribution < -0.4 is 0 Å². The Hall–Kier alpha value is -0.520. The van der Waals surface area contributed by atoms with E-state index in [4.69, 9.17) is 5.11 Å². The van der Waals surface area contributed by atoms with Crippen LogP contribution in [0.3, 0.4) is 0 Å². The van der Waals surface area contributed by atoms with E-state index in [1.165, 1.54) is 0 Å². The fraction of sp³-hybridized carbons (Fsp3) is 0.667. The van der Waals surface area contributed by atoms with E-state index in [0.29, 0.717) is 19.5 Å². The first-order valence-electron chi connectivity index (χ1n) is 4.66. The monoisotopic (exact) mass is 216 g/mol. The highest BCUT2D eigenvalue weighted by molar-refractivity contribution is 7.09. The molecule has 1 aliphatic heterocycles. The van der Waals surface area contributed by atoms with Crippen LogP contribution in [-0.2, 0) is 6.54 Å². The highest BCUT2D eigenvalue weighted by Crippen LogP contribution is 2.23. The van der Waals surface area contributed by atoms with E-state index in [1.807, 2.05) is 4.90 Å². The van der Waals surface area contributed by atoms with Crippen LogP contribution in [0, 0.1) is 0 Å². The predicted octanol–water partition coefficient (Wildman–Crippen LogP) is 1.05. The Labute approximate surface area is 86.2 Å². The van der Waals surface area contributed by atoms with E-state index in [2.05, 4.69) is 4.98 Å². The lowest BCUT2D eigenvalue weighted by atomic mass is 10.2. The van der Waals surface area contributed by atoms with Crippen LogP contribution in [0.2, 0.25) is 0 Å². The van der Waals surface area contributed by atoms with Gasteiger partial charge in [-0.1, -0.05) is 0 Å². The Bertz CT molecular complexity index is 280. The maximum absolute atomic E-state index is 13.1. The number of hydrogen-bond acceptors (Lipinski definition) is 4. The Morgan fingerprint density at radius 1 is 1.71 bits per heavy atom. The summed E-state index contributed by atoms with van der Waals surface area (Å²) in [5, 5.41) is 9.06. The molecule has 0 aliphatic carbocycles. The van der Waals surface area contributed by atoms with Crippen molar-refractivity contribution in [1.82, 2.24) is 9.88 Å². The molecule has 14 heavy (non-hydrogen) atoms. The minimum Gasteiger partial charge on any atom is -0.395 e. The average molecular weight is 216 g/mol. The molecular weight excluding hydrogens is 203 g/mol. The van der Waals surface area contributed by atoms with Gasteiger partial charge in [-0.2, -0.15) is 0 Å². The molecule has 0 bridgehead atoms. The molecule has 0 aromatic carbocycles. The molecule has 0 amide bonds. The van der Waals surface area contributed by atoms with Gasteiger partial charge in [-0.05, 0) is 6.42 Å². The smallest absolute Gasteiger partial charge is 0.114 e. The molecule has 1 aromatic rings. The Balaban J connectivity index is 1.97. The topological polar surface area (TPSA) is 36.4 Å². The van der Waals surface area contributed by atoms with Crippen LogP contribution in [0.4, 0.5) is 4.39 Å². The second-order valence-corrected chi connectivity index (χ2v) is 4.54. The quantitative estimate of drug-likeness (QED) is 0.820. The maximum Gasteiger partial charge on any atom is 0.114 e. The number of hydrogen-bond donors (Lipinski definition) is 1. The molecule has 3 nitrogen and oxygen atoms in total. The second-order valence-electron chi connectivity index (χ2n) is 3.57. The number of nitrogens with zero attached hydrogens (tertiary/aromatic N) is 2. The van der Waals surface area contributed by atoms with Gasteiger partial charge < -0.3 is 5.11 Å². The van der Waals surface area contributed by atoms with Crippen LogP contribution in [0.5, 0.6) is 0 Å². The molecular formula is C9H13FN2OS. The lowest BCUT2D eigenvalue weighted by Crippen LogP contribution is -2.31. The van der Waals surface area contributed by atoms with Crippen LogP contribution in [0.1, 0.15) is 11.3 Å². The molecule has 1 fully saturated rings. The summed E-state index contributed by atoms with van der Waals surface area (Å²) in [7, 11) is 0. The van der Waals surface area contributed by atoms with E-state index in [0.717, 1.165) is 4.88 Å². The number of aliphatic hydroxyl groups excluding tert-OH is 1. The molecule has 0 saturated carbocycles. The van der Waals surface area contributed by atoms with Crippen LogP contribution in [0.25, 0.3) is 0 Å². The zero-order chi connectivity index (χ0) is 9.97. The van der Waals surface area contributed by atoms with Crippen molar-refractivity contribution in [2.24, 2.45) is 0 Å². The number of halogens is 1. The summed E-state index contributed by atoms with van der Waals surface area (Å²) in [5.41, 5.74) is 1.77. The molecule has 0 unspecified atom stereocenters. The van der Waals surface area contributed by atoms with Gasteiger partial charge >= 0.3 is 0 Å². The largest absolute Gasteiger partial charge is 0.395 e. The van der Waals surface area contributed by atoms with E-state index in [-0.39, 0.29) is 12.6 Å². The van der Waals surface area contributed by atoms with Crippen LogP contribution >= 0.6 is 11.3 Å². The maximum atomic E-state index is 13.1. The van der Waals surface area contributed by atoms with Crippen molar-refractivity contribution in [2.45, 2.75) is 25.2 Å². The summed E-state index contributed by atoms with van der Waals surface area (Å²) in [6.45, 7) is 1.18. The minimum atomic E-state index is -0.792. The molecule has 0 radical (unpaired) electrons. The van der Waals surface area contributed by atoms with Crippen molar-refractivity contribution in [3.63, 3.8) is 0 Å². The number of aliphatic hydroxyl groups is 1. The van der Waals surface area contributed by atoms with Crippen molar-refractivity contribution >= 4 is 11.3 Å². The van der Waals surface area contributed by atoms with Gasteiger partial charge in [0.15, 0.2) is 0 Å². The molecule has 2 rings (SSSR count). The Morgan fingerprint density at radius 2 is 2.57 bits per heavy atom. The number of likely N-dealkylation sites (tertiary alicyclic amines) is 1. The molecule has 2 atom stereocenters. The zero-order valence-electron chi connectivity index (χ0n) is 7.77. The summed E-state index contributed by atoms with van der Waals surface area (Å²) in [6.07, 6.45) is 1.46. The summed E-state index contributed by atoms with van der Waals surface area (Å²) in [5.74, 6) is 0. The van der Waals surface area contributed by atoms with Gasteiger partial charge in [0, 0.05) is 30.2 Å².